The zero-order chi connectivity index (χ0) is 15.5. The Hall–Kier alpha value is -2.59. The number of aromatic amines is 1. The van der Waals surface area contributed by atoms with Crippen molar-refractivity contribution in [1.82, 2.24) is 10.3 Å². The summed E-state index contributed by atoms with van der Waals surface area (Å²) in [6.07, 6.45) is 0.866. The van der Waals surface area contributed by atoms with Gasteiger partial charge in [-0.1, -0.05) is 30.3 Å². The van der Waals surface area contributed by atoms with E-state index >= 15 is 0 Å². The van der Waals surface area contributed by atoms with Gasteiger partial charge >= 0.3 is 0 Å². The van der Waals surface area contributed by atoms with Crippen LogP contribution in [0.1, 0.15) is 27.2 Å². The molecule has 0 spiro atoms. The lowest BCUT2D eigenvalue weighted by atomic mass is 9.99. The highest BCUT2D eigenvalue weighted by Gasteiger charge is 2.07. The molecule has 0 saturated heterocycles. The van der Waals surface area contributed by atoms with Crippen LogP contribution in [0.3, 0.4) is 0 Å². The van der Waals surface area contributed by atoms with E-state index in [0.29, 0.717) is 5.69 Å². The Labute approximate surface area is 129 Å². The molecule has 0 aliphatic carbocycles. The summed E-state index contributed by atoms with van der Waals surface area (Å²) in [5, 5.41) is 4.21. The number of nitrogens with two attached hydrogens (primary N) is 1. The lowest BCUT2D eigenvalue weighted by Gasteiger charge is -2.09. The van der Waals surface area contributed by atoms with Crippen molar-refractivity contribution < 1.29 is 4.79 Å². The standard InChI is InChI=1S/C18H19N3O/c1-20-11-14-5-3-2-4-13(14)8-12-6-7-16-15(9-12)10-17(21-16)18(19)22/h2-7,9-10,20-21H,8,11H2,1H3,(H2,19,22). The molecule has 22 heavy (non-hydrogen) atoms. The van der Waals surface area contributed by atoms with E-state index in [-0.39, 0.29) is 0 Å². The monoisotopic (exact) mass is 293 g/mol. The molecule has 112 valence electrons. The molecule has 0 aliphatic rings. The summed E-state index contributed by atoms with van der Waals surface area (Å²) in [5.74, 6) is -0.433. The van der Waals surface area contributed by atoms with Crippen molar-refractivity contribution in [2.75, 3.05) is 7.05 Å². The van der Waals surface area contributed by atoms with Crippen molar-refractivity contribution in [2.24, 2.45) is 5.73 Å². The summed E-state index contributed by atoms with van der Waals surface area (Å²) in [6, 6.07) is 16.4. The van der Waals surface area contributed by atoms with Gasteiger partial charge in [-0.2, -0.15) is 0 Å². The third-order valence-corrected chi connectivity index (χ3v) is 3.83. The van der Waals surface area contributed by atoms with E-state index in [1.165, 1.54) is 16.7 Å². The van der Waals surface area contributed by atoms with Crippen LogP contribution in [0.4, 0.5) is 0 Å². The number of hydrogen-bond acceptors (Lipinski definition) is 2. The smallest absolute Gasteiger partial charge is 0.265 e. The van der Waals surface area contributed by atoms with Gasteiger partial charge < -0.3 is 16.0 Å². The van der Waals surface area contributed by atoms with Gasteiger partial charge in [0.05, 0.1) is 0 Å². The summed E-state index contributed by atoms with van der Waals surface area (Å²) in [7, 11) is 1.95. The van der Waals surface area contributed by atoms with Crippen molar-refractivity contribution in [2.45, 2.75) is 13.0 Å². The molecule has 0 bridgehead atoms. The predicted octanol–water partition coefficient (Wildman–Crippen LogP) is 2.58. The molecule has 0 aliphatic heterocycles. The van der Waals surface area contributed by atoms with Crippen LogP contribution < -0.4 is 11.1 Å². The molecular formula is C18H19N3O. The summed E-state index contributed by atoms with van der Waals surface area (Å²) in [6.45, 7) is 0.856. The van der Waals surface area contributed by atoms with E-state index in [2.05, 4.69) is 46.7 Å². The molecule has 1 amide bonds. The maximum Gasteiger partial charge on any atom is 0.265 e. The number of benzene rings is 2. The molecule has 4 N–H and O–H groups in total. The largest absolute Gasteiger partial charge is 0.364 e. The van der Waals surface area contributed by atoms with Gasteiger partial charge in [-0.15, -0.1) is 0 Å². The zero-order valence-electron chi connectivity index (χ0n) is 12.5. The van der Waals surface area contributed by atoms with Gasteiger partial charge in [0.2, 0.25) is 0 Å². The Morgan fingerprint density at radius 3 is 2.64 bits per heavy atom. The molecule has 0 saturated carbocycles. The van der Waals surface area contributed by atoms with Crippen LogP contribution >= 0.6 is 0 Å². The van der Waals surface area contributed by atoms with E-state index in [1.54, 1.807) is 6.07 Å². The van der Waals surface area contributed by atoms with Crippen LogP contribution in [0.5, 0.6) is 0 Å². The SMILES string of the molecule is CNCc1ccccc1Cc1ccc2[nH]c(C(N)=O)cc2c1. The highest BCUT2D eigenvalue weighted by Crippen LogP contribution is 2.20. The fourth-order valence-electron chi connectivity index (χ4n) is 2.74. The highest BCUT2D eigenvalue weighted by atomic mass is 16.1. The number of carbonyl (C=O) groups is 1. The number of carbonyl (C=O) groups excluding carboxylic acids is 1. The first kappa shape index (κ1) is 14.4. The van der Waals surface area contributed by atoms with Crippen molar-refractivity contribution in [3.63, 3.8) is 0 Å². The van der Waals surface area contributed by atoms with Crippen LogP contribution in [-0.2, 0) is 13.0 Å². The molecule has 4 heteroatoms. The summed E-state index contributed by atoms with van der Waals surface area (Å²) >= 11 is 0. The fraction of sp³-hybridized carbons (Fsp3) is 0.167. The molecule has 1 heterocycles. The minimum atomic E-state index is -0.433. The number of primary amides is 1. The average molecular weight is 293 g/mol. The fourth-order valence-corrected chi connectivity index (χ4v) is 2.74. The first-order valence-corrected chi connectivity index (χ1v) is 7.30. The summed E-state index contributed by atoms with van der Waals surface area (Å²) < 4.78 is 0. The molecule has 3 rings (SSSR count). The number of aromatic nitrogens is 1. The van der Waals surface area contributed by atoms with Gasteiger partial charge in [-0.05, 0) is 48.4 Å². The Kier molecular flexibility index (Phi) is 3.94. The molecule has 0 atom stereocenters. The Bertz CT molecular complexity index is 820. The second kappa shape index (κ2) is 6.03. The average Bonchev–Trinajstić information content (AvgIpc) is 2.93. The topological polar surface area (TPSA) is 70.9 Å². The van der Waals surface area contributed by atoms with Crippen molar-refractivity contribution in [1.29, 1.82) is 0 Å². The van der Waals surface area contributed by atoms with E-state index in [0.717, 1.165) is 23.9 Å². The second-order valence-electron chi connectivity index (χ2n) is 5.44. The second-order valence-corrected chi connectivity index (χ2v) is 5.44. The van der Waals surface area contributed by atoms with Crippen LogP contribution in [0.15, 0.2) is 48.5 Å². The Balaban J connectivity index is 1.92. The minimum absolute atomic E-state index is 0.433. The van der Waals surface area contributed by atoms with E-state index in [1.807, 2.05) is 13.1 Å². The van der Waals surface area contributed by atoms with Gasteiger partial charge in [-0.25, -0.2) is 0 Å². The molecule has 0 radical (unpaired) electrons. The van der Waals surface area contributed by atoms with Gasteiger partial charge in [0.1, 0.15) is 5.69 Å². The predicted molar refractivity (Wildman–Crippen MR) is 88.8 cm³/mol. The summed E-state index contributed by atoms with van der Waals surface area (Å²) in [4.78, 5) is 14.3. The molecule has 3 aromatic rings. The third-order valence-electron chi connectivity index (χ3n) is 3.83. The number of nitrogens with one attached hydrogen (secondary N) is 2. The Morgan fingerprint density at radius 2 is 1.91 bits per heavy atom. The van der Waals surface area contributed by atoms with E-state index in [4.69, 9.17) is 5.73 Å². The lowest BCUT2D eigenvalue weighted by molar-refractivity contribution is 0.0996. The van der Waals surface area contributed by atoms with E-state index in [9.17, 15) is 4.79 Å². The maximum absolute atomic E-state index is 11.2. The Morgan fingerprint density at radius 1 is 1.14 bits per heavy atom. The zero-order valence-corrected chi connectivity index (χ0v) is 12.5. The molecule has 1 aromatic heterocycles. The van der Waals surface area contributed by atoms with Gasteiger partial charge in [0.25, 0.3) is 5.91 Å². The molecular weight excluding hydrogens is 274 g/mol. The maximum atomic E-state index is 11.2. The normalized spacial score (nSPS) is 11.0. The van der Waals surface area contributed by atoms with Crippen LogP contribution in [0.2, 0.25) is 0 Å². The molecule has 0 fully saturated rings. The van der Waals surface area contributed by atoms with Crippen molar-refractivity contribution >= 4 is 16.8 Å². The number of rotatable bonds is 5. The summed E-state index contributed by atoms with van der Waals surface area (Å²) in [5.41, 5.74) is 10.5. The highest BCUT2D eigenvalue weighted by molar-refractivity contribution is 5.97. The lowest BCUT2D eigenvalue weighted by Crippen LogP contribution is -2.10. The minimum Gasteiger partial charge on any atom is -0.364 e. The number of hydrogen-bond donors (Lipinski definition) is 3. The quantitative estimate of drug-likeness (QED) is 0.676. The van der Waals surface area contributed by atoms with Crippen molar-refractivity contribution in [3.05, 3.63) is 70.9 Å². The number of amides is 1. The molecule has 0 unspecified atom stereocenters. The van der Waals surface area contributed by atoms with Crippen LogP contribution in [0, 0.1) is 0 Å². The third kappa shape index (κ3) is 2.87. The first-order chi connectivity index (χ1) is 10.7. The van der Waals surface area contributed by atoms with Crippen molar-refractivity contribution in [3.8, 4) is 0 Å². The number of fused-ring (bicyclic) bond motifs is 1. The van der Waals surface area contributed by atoms with Gasteiger partial charge in [0, 0.05) is 17.4 Å². The molecule has 2 aromatic carbocycles. The molecule has 4 nitrogen and oxygen atoms in total. The first-order valence-electron chi connectivity index (χ1n) is 7.30. The van der Waals surface area contributed by atoms with Gasteiger partial charge in [0.15, 0.2) is 0 Å². The van der Waals surface area contributed by atoms with Crippen LogP contribution in [0.25, 0.3) is 10.9 Å². The van der Waals surface area contributed by atoms with Crippen LogP contribution in [-0.4, -0.2) is 17.9 Å². The van der Waals surface area contributed by atoms with Gasteiger partial charge in [-0.3, -0.25) is 4.79 Å². The number of H-pyrrole nitrogens is 1. The van der Waals surface area contributed by atoms with E-state index < -0.39 is 5.91 Å².